The highest BCUT2D eigenvalue weighted by atomic mass is 16.5. The molecule has 0 bridgehead atoms. The molecule has 7 nitrogen and oxygen atoms in total. The summed E-state index contributed by atoms with van der Waals surface area (Å²) in [4.78, 5) is 7.03. The van der Waals surface area contributed by atoms with Crippen LogP contribution in [0.2, 0.25) is 0 Å². The van der Waals surface area contributed by atoms with E-state index in [0.29, 0.717) is 19.0 Å². The fourth-order valence-corrected chi connectivity index (χ4v) is 3.71. The molecule has 1 aromatic heterocycles. The number of rotatable bonds is 9. The molecule has 3 rings (SSSR count). The van der Waals surface area contributed by atoms with Gasteiger partial charge < -0.3 is 24.9 Å². The highest BCUT2D eigenvalue weighted by molar-refractivity contribution is 5.77. The van der Waals surface area contributed by atoms with Crippen LogP contribution in [0.3, 0.4) is 0 Å². The van der Waals surface area contributed by atoms with Crippen LogP contribution in [0.1, 0.15) is 36.6 Å². The van der Waals surface area contributed by atoms with Gasteiger partial charge in [-0.1, -0.05) is 12.5 Å². The number of aliphatic imine (C=N–C) groups is 1. The van der Waals surface area contributed by atoms with Crippen molar-refractivity contribution in [1.82, 2.24) is 10.2 Å². The predicted octanol–water partition coefficient (Wildman–Crippen LogP) is 2.97. The van der Waals surface area contributed by atoms with E-state index in [4.69, 9.17) is 19.6 Å². The molecule has 1 saturated heterocycles. The van der Waals surface area contributed by atoms with E-state index in [1.807, 2.05) is 30.3 Å². The van der Waals surface area contributed by atoms with Gasteiger partial charge in [-0.05, 0) is 62.2 Å². The normalized spacial score (nSPS) is 16.4. The number of benzene rings is 1. The van der Waals surface area contributed by atoms with Crippen LogP contribution >= 0.6 is 0 Å². The maximum Gasteiger partial charge on any atom is 0.188 e. The van der Waals surface area contributed by atoms with Crippen molar-refractivity contribution in [2.45, 2.75) is 31.7 Å². The summed E-state index contributed by atoms with van der Waals surface area (Å²) in [6.07, 6.45) is 6.27. The largest absolute Gasteiger partial charge is 0.493 e. The first-order valence-corrected chi connectivity index (χ1v) is 10.2. The average molecular weight is 401 g/mol. The lowest BCUT2D eigenvalue weighted by Gasteiger charge is -2.32. The van der Waals surface area contributed by atoms with Crippen LogP contribution in [-0.2, 0) is 6.42 Å². The Bertz CT molecular complexity index is 770. The molecule has 0 amide bonds. The Balaban J connectivity index is 1.53. The van der Waals surface area contributed by atoms with Crippen molar-refractivity contribution >= 4 is 5.96 Å². The van der Waals surface area contributed by atoms with Gasteiger partial charge >= 0.3 is 0 Å². The predicted molar refractivity (Wildman–Crippen MR) is 115 cm³/mol. The molecular formula is C22H32N4O3. The van der Waals surface area contributed by atoms with Gasteiger partial charge in [0.05, 0.1) is 33.1 Å². The Kier molecular flexibility index (Phi) is 7.81. The van der Waals surface area contributed by atoms with Crippen molar-refractivity contribution in [3.63, 3.8) is 0 Å². The molecule has 1 aliphatic heterocycles. The minimum Gasteiger partial charge on any atom is -0.493 e. The number of hydrogen-bond acceptors (Lipinski definition) is 5. The zero-order valence-electron chi connectivity index (χ0n) is 17.4. The second-order valence-electron chi connectivity index (χ2n) is 7.22. The highest BCUT2D eigenvalue weighted by Gasteiger charge is 2.24. The third-order valence-electron chi connectivity index (χ3n) is 5.31. The van der Waals surface area contributed by atoms with E-state index in [9.17, 15) is 0 Å². The van der Waals surface area contributed by atoms with Crippen molar-refractivity contribution in [3.8, 4) is 11.5 Å². The number of piperidine rings is 1. The van der Waals surface area contributed by atoms with E-state index in [0.717, 1.165) is 42.3 Å². The quantitative estimate of drug-likeness (QED) is 0.497. The van der Waals surface area contributed by atoms with Crippen molar-refractivity contribution < 1.29 is 13.9 Å². The van der Waals surface area contributed by atoms with E-state index < -0.39 is 0 Å². The molecule has 2 heterocycles. The van der Waals surface area contributed by atoms with Gasteiger partial charge in [-0.15, -0.1) is 0 Å². The maximum absolute atomic E-state index is 6.12. The summed E-state index contributed by atoms with van der Waals surface area (Å²) in [6.45, 7) is 3.43. The van der Waals surface area contributed by atoms with Crippen LogP contribution in [0.5, 0.6) is 11.5 Å². The molecule has 1 fully saturated rings. The van der Waals surface area contributed by atoms with Crippen molar-refractivity contribution in [2.24, 2.45) is 10.7 Å². The molecule has 0 aliphatic carbocycles. The maximum atomic E-state index is 6.12. The van der Waals surface area contributed by atoms with Gasteiger partial charge in [0.2, 0.25) is 0 Å². The topological polar surface area (TPSA) is 85.2 Å². The third kappa shape index (κ3) is 5.90. The van der Waals surface area contributed by atoms with E-state index >= 15 is 0 Å². The van der Waals surface area contributed by atoms with Crippen LogP contribution in [0.4, 0.5) is 0 Å². The van der Waals surface area contributed by atoms with Crippen LogP contribution in [-0.4, -0.2) is 51.3 Å². The molecule has 158 valence electrons. The minimum absolute atomic E-state index is 0.136. The van der Waals surface area contributed by atoms with Gasteiger partial charge in [-0.25, -0.2) is 0 Å². The summed E-state index contributed by atoms with van der Waals surface area (Å²) >= 11 is 0. The van der Waals surface area contributed by atoms with E-state index in [1.54, 1.807) is 20.5 Å². The van der Waals surface area contributed by atoms with Gasteiger partial charge in [0.25, 0.3) is 0 Å². The Hall–Kier alpha value is -2.67. The zero-order valence-corrected chi connectivity index (χ0v) is 17.4. The fraction of sp³-hybridized carbons (Fsp3) is 0.500. The molecule has 29 heavy (non-hydrogen) atoms. The van der Waals surface area contributed by atoms with Gasteiger partial charge in [0.1, 0.15) is 5.76 Å². The molecule has 1 atom stereocenters. The van der Waals surface area contributed by atoms with Gasteiger partial charge in [0.15, 0.2) is 17.5 Å². The van der Waals surface area contributed by atoms with Crippen LogP contribution in [0.15, 0.2) is 46.0 Å². The molecule has 2 aromatic rings. The summed E-state index contributed by atoms with van der Waals surface area (Å²) < 4.78 is 16.3. The van der Waals surface area contributed by atoms with Gasteiger partial charge in [0, 0.05) is 6.54 Å². The van der Waals surface area contributed by atoms with E-state index in [2.05, 4.69) is 15.2 Å². The Morgan fingerprint density at radius 1 is 1.17 bits per heavy atom. The molecule has 3 N–H and O–H groups in total. The number of ether oxygens (including phenoxy) is 2. The smallest absolute Gasteiger partial charge is 0.188 e. The number of nitrogens with zero attached hydrogens (tertiary/aromatic N) is 2. The SMILES string of the molecule is COc1ccc(CCNC(N)=NCC(c2ccco2)N2CCCCC2)cc1OC. The Morgan fingerprint density at radius 3 is 2.66 bits per heavy atom. The summed E-state index contributed by atoms with van der Waals surface area (Å²) in [5, 5.41) is 3.21. The van der Waals surface area contributed by atoms with Gasteiger partial charge in [-0.3, -0.25) is 9.89 Å². The van der Waals surface area contributed by atoms with Crippen LogP contribution in [0.25, 0.3) is 0 Å². The fourth-order valence-electron chi connectivity index (χ4n) is 3.71. The zero-order chi connectivity index (χ0) is 20.5. The van der Waals surface area contributed by atoms with Crippen LogP contribution < -0.4 is 20.5 Å². The third-order valence-corrected chi connectivity index (χ3v) is 5.31. The second-order valence-corrected chi connectivity index (χ2v) is 7.22. The lowest BCUT2D eigenvalue weighted by atomic mass is 10.1. The number of likely N-dealkylation sites (tertiary alicyclic amines) is 1. The number of nitrogens with two attached hydrogens (primary N) is 1. The van der Waals surface area contributed by atoms with E-state index in [-0.39, 0.29) is 6.04 Å². The highest BCUT2D eigenvalue weighted by Crippen LogP contribution is 2.28. The number of guanidine groups is 1. The molecule has 1 aromatic carbocycles. The van der Waals surface area contributed by atoms with Crippen molar-refractivity contribution in [2.75, 3.05) is 40.4 Å². The van der Waals surface area contributed by atoms with Crippen molar-refractivity contribution in [1.29, 1.82) is 0 Å². The van der Waals surface area contributed by atoms with E-state index in [1.165, 1.54) is 19.3 Å². The number of furan rings is 1. The monoisotopic (exact) mass is 400 g/mol. The standard InChI is InChI=1S/C22H32N4O3/c1-27-20-9-8-17(15-21(20)28-2)10-11-24-22(23)25-16-18(19-7-6-14-29-19)26-12-4-3-5-13-26/h6-9,14-15,18H,3-5,10-13,16H2,1-2H3,(H3,23,24,25). The first-order chi connectivity index (χ1) is 14.2. The minimum atomic E-state index is 0.136. The first-order valence-electron chi connectivity index (χ1n) is 10.2. The second kappa shape index (κ2) is 10.8. The molecular weight excluding hydrogens is 368 g/mol. The molecule has 0 spiro atoms. The molecule has 7 heteroatoms. The lowest BCUT2D eigenvalue weighted by Crippen LogP contribution is -2.37. The summed E-state index contributed by atoms with van der Waals surface area (Å²) in [6, 6.07) is 10.0. The number of methoxy groups -OCH3 is 2. The number of hydrogen-bond donors (Lipinski definition) is 2. The average Bonchev–Trinajstić information content (AvgIpc) is 3.29. The Morgan fingerprint density at radius 2 is 1.97 bits per heavy atom. The molecule has 1 aliphatic rings. The lowest BCUT2D eigenvalue weighted by molar-refractivity contribution is 0.150. The van der Waals surface area contributed by atoms with Crippen molar-refractivity contribution in [3.05, 3.63) is 47.9 Å². The summed E-state index contributed by atoms with van der Waals surface area (Å²) in [5.41, 5.74) is 7.26. The summed E-state index contributed by atoms with van der Waals surface area (Å²) in [7, 11) is 3.28. The van der Waals surface area contributed by atoms with Gasteiger partial charge in [-0.2, -0.15) is 0 Å². The summed E-state index contributed by atoms with van der Waals surface area (Å²) in [5.74, 6) is 2.87. The molecule has 1 unspecified atom stereocenters. The first kappa shape index (κ1) is 21.0. The Labute approximate surface area is 172 Å². The number of nitrogens with one attached hydrogen (secondary N) is 1. The molecule has 0 saturated carbocycles. The van der Waals surface area contributed by atoms with Crippen LogP contribution in [0, 0.1) is 0 Å². The molecule has 0 radical (unpaired) electrons.